The minimum Gasteiger partial charge on any atom is -0.322 e. The van der Waals surface area contributed by atoms with Gasteiger partial charge in [-0.2, -0.15) is 0 Å². The second-order valence-corrected chi connectivity index (χ2v) is 6.27. The fourth-order valence-electron chi connectivity index (χ4n) is 2.41. The third kappa shape index (κ3) is 3.41. The lowest BCUT2D eigenvalue weighted by atomic mass is 10.1. The predicted molar refractivity (Wildman–Crippen MR) is 88.7 cm³/mol. The van der Waals surface area contributed by atoms with Crippen molar-refractivity contribution in [2.75, 3.05) is 16.9 Å². The number of halogens is 2. The van der Waals surface area contributed by atoms with Crippen molar-refractivity contribution in [3.05, 3.63) is 65.7 Å². The maximum absolute atomic E-state index is 13.7. The fourth-order valence-corrected chi connectivity index (χ4v) is 3.57. The highest BCUT2D eigenvalue weighted by atomic mass is 32.2. The quantitative estimate of drug-likeness (QED) is 0.927. The molecular formula is C17H14F2N2O2S. The van der Waals surface area contributed by atoms with Crippen LogP contribution in [0.4, 0.5) is 14.5 Å². The summed E-state index contributed by atoms with van der Waals surface area (Å²) in [6.45, 7) is 0. The van der Waals surface area contributed by atoms with Gasteiger partial charge < -0.3 is 10.2 Å². The van der Waals surface area contributed by atoms with Gasteiger partial charge in [0.15, 0.2) is 0 Å². The van der Waals surface area contributed by atoms with Crippen LogP contribution in [-0.2, 0) is 4.79 Å². The monoisotopic (exact) mass is 348 g/mol. The molecule has 0 unspecified atom stereocenters. The zero-order valence-corrected chi connectivity index (χ0v) is 13.4. The molecule has 0 saturated carbocycles. The molecule has 1 saturated heterocycles. The van der Waals surface area contributed by atoms with E-state index in [1.165, 1.54) is 16.7 Å². The molecule has 1 heterocycles. The van der Waals surface area contributed by atoms with E-state index in [4.69, 9.17) is 0 Å². The Morgan fingerprint density at radius 2 is 1.88 bits per heavy atom. The average molecular weight is 348 g/mol. The standard InChI is InChI=1S/C17H14F2N2O2S/c18-12-6-7-14(13(19)8-12)20-16(22)15-9-24-10-21(15)17(23)11-4-2-1-3-5-11/h1-8,15H,9-10H2,(H,20,22)/t15-/m0/s1. The number of rotatable bonds is 3. The molecule has 2 aromatic rings. The van der Waals surface area contributed by atoms with E-state index in [1.807, 2.05) is 0 Å². The Morgan fingerprint density at radius 3 is 2.58 bits per heavy atom. The molecule has 24 heavy (non-hydrogen) atoms. The van der Waals surface area contributed by atoms with E-state index in [1.54, 1.807) is 30.3 Å². The SMILES string of the molecule is O=C(Nc1ccc(F)cc1F)[C@@H]1CSCN1C(=O)c1ccccc1. The summed E-state index contributed by atoms with van der Waals surface area (Å²) in [5, 5.41) is 2.43. The summed E-state index contributed by atoms with van der Waals surface area (Å²) in [5.74, 6) is -1.50. The molecule has 7 heteroatoms. The fraction of sp³-hybridized carbons (Fsp3) is 0.176. The first-order chi connectivity index (χ1) is 11.6. The van der Waals surface area contributed by atoms with E-state index in [2.05, 4.69) is 5.32 Å². The summed E-state index contributed by atoms with van der Waals surface area (Å²) in [6, 6.07) is 10.9. The molecule has 0 aromatic heterocycles. The van der Waals surface area contributed by atoms with Crippen LogP contribution in [0.5, 0.6) is 0 Å². The van der Waals surface area contributed by atoms with Crippen molar-refractivity contribution in [2.24, 2.45) is 0 Å². The molecule has 0 aliphatic carbocycles. The van der Waals surface area contributed by atoms with Gasteiger partial charge in [0.2, 0.25) is 5.91 Å². The van der Waals surface area contributed by atoms with Crippen LogP contribution in [-0.4, -0.2) is 34.4 Å². The highest BCUT2D eigenvalue weighted by Gasteiger charge is 2.35. The van der Waals surface area contributed by atoms with Crippen LogP contribution in [0.3, 0.4) is 0 Å². The highest BCUT2D eigenvalue weighted by molar-refractivity contribution is 7.99. The number of thioether (sulfide) groups is 1. The molecule has 1 N–H and O–H groups in total. The first-order valence-corrected chi connectivity index (χ1v) is 8.41. The van der Waals surface area contributed by atoms with Crippen molar-refractivity contribution in [1.82, 2.24) is 4.90 Å². The number of anilines is 1. The number of carbonyl (C=O) groups excluding carboxylic acids is 2. The van der Waals surface area contributed by atoms with Gasteiger partial charge in [-0.1, -0.05) is 18.2 Å². The first kappa shape index (κ1) is 16.4. The minimum atomic E-state index is -0.852. The van der Waals surface area contributed by atoms with E-state index >= 15 is 0 Å². The lowest BCUT2D eigenvalue weighted by Crippen LogP contribution is -2.44. The molecule has 1 aliphatic heterocycles. The van der Waals surface area contributed by atoms with Gasteiger partial charge in [0.05, 0.1) is 11.6 Å². The maximum atomic E-state index is 13.7. The van der Waals surface area contributed by atoms with Gasteiger partial charge in [-0.15, -0.1) is 11.8 Å². The lowest BCUT2D eigenvalue weighted by molar-refractivity contribution is -0.119. The van der Waals surface area contributed by atoms with Gasteiger partial charge in [-0.25, -0.2) is 8.78 Å². The molecule has 1 aliphatic rings. The van der Waals surface area contributed by atoms with Crippen molar-refractivity contribution in [3.63, 3.8) is 0 Å². The number of hydrogen-bond donors (Lipinski definition) is 1. The van der Waals surface area contributed by atoms with Crippen molar-refractivity contribution in [1.29, 1.82) is 0 Å². The average Bonchev–Trinajstić information content (AvgIpc) is 3.07. The summed E-state index contributed by atoms with van der Waals surface area (Å²) < 4.78 is 26.6. The van der Waals surface area contributed by atoms with Gasteiger partial charge in [0.1, 0.15) is 17.7 Å². The number of hydrogen-bond acceptors (Lipinski definition) is 3. The summed E-state index contributed by atoms with van der Waals surface area (Å²) in [6.07, 6.45) is 0. The van der Waals surface area contributed by atoms with Gasteiger partial charge in [0.25, 0.3) is 5.91 Å². The van der Waals surface area contributed by atoms with Crippen LogP contribution in [0.1, 0.15) is 10.4 Å². The van der Waals surface area contributed by atoms with Crippen LogP contribution in [0, 0.1) is 11.6 Å². The summed E-state index contributed by atoms with van der Waals surface area (Å²) in [4.78, 5) is 26.4. The molecular weight excluding hydrogens is 334 g/mol. The van der Waals surface area contributed by atoms with Crippen LogP contribution in [0.25, 0.3) is 0 Å². The highest BCUT2D eigenvalue weighted by Crippen LogP contribution is 2.25. The number of nitrogens with zero attached hydrogens (tertiary/aromatic N) is 1. The van der Waals surface area contributed by atoms with Gasteiger partial charge in [-0.05, 0) is 24.3 Å². The summed E-state index contributed by atoms with van der Waals surface area (Å²) >= 11 is 1.45. The second-order valence-electron chi connectivity index (χ2n) is 5.27. The van der Waals surface area contributed by atoms with E-state index < -0.39 is 23.6 Å². The Bertz CT molecular complexity index is 770. The van der Waals surface area contributed by atoms with E-state index in [9.17, 15) is 18.4 Å². The molecule has 2 amide bonds. The Kier molecular flexibility index (Phi) is 4.80. The topological polar surface area (TPSA) is 49.4 Å². The Labute approximate surface area is 141 Å². The predicted octanol–water partition coefficient (Wildman–Crippen LogP) is 3.12. The zero-order valence-electron chi connectivity index (χ0n) is 12.5. The lowest BCUT2D eigenvalue weighted by Gasteiger charge is -2.23. The smallest absolute Gasteiger partial charge is 0.255 e. The third-order valence-corrected chi connectivity index (χ3v) is 4.67. The van der Waals surface area contributed by atoms with Crippen LogP contribution < -0.4 is 5.32 Å². The Morgan fingerprint density at radius 1 is 1.12 bits per heavy atom. The van der Waals surface area contributed by atoms with E-state index in [-0.39, 0.29) is 11.6 Å². The minimum absolute atomic E-state index is 0.106. The molecule has 0 radical (unpaired) electrons. The van der Waals surface area contributed by atoms with Gasteiger partial charge in [0, 0.05) is 17.4 Å². The van der Waals surface area contributed by atoms with E-state index in [0.717, 1.165) is 12.1 Å². The largest absolute Gasteiger partial charge is 0.322 e. The number of carbonyl (C=O) groups is 2. The second kappa shape index (κ2) is 7.00. The normalized spacial score (nSPS) is 16.9. The first-order valence-electron chi connectivity index (χ1n) is 7.26. The number of benzene rings is 2. The molecule has 124 valence electrons. The maximum Gasteiger partial charge on any atom is 0.255 e. The summed E-state index contributed by atoms with van der Waals surface area (Å²) in [7, 11) is 0. The van der Waals surface area contributed by atoms with Gasteiger partial charge >= 0.3 is 0 Å². The zero-order chi connectivity index (χ0) is 17.1. The summed E-state index contributed by atoms with van der Waals surface area (Å²) in [5.41, 5.74) is 0.385. The molecule has 4 nitrogen and oxygen atoms in total. The van der Waals surface area contributed by atoms with Crippen LogP contribution in [0.15, 0.2) is 48.5 Å². The Balaban J connectivity index is 1.75. The third-order valence-electron chi connectivity index (χ3n) is 3.66. The van der Waals surface area contributed by atoms with Crippen molar-refractivity contribution >= 4 is 29.3 Å². The van der Waals surface area contributed by atoms with Crippen molar-refractivity contribution in [3.8, 4) is 0 Å². The molecule has 0 spiro atoms. The molecule has 2 aromatic carbocycles. The van der Waals surface area contributed by atoms with Gasteiger partial charge in [-0.3, -0.25) is 9.59 Å². The molecule has 0 bridgehead atoms. The van der Waals surface area contributed by atoms with Crippen LogP contribution >= 0.6 is 11.8 Å². The molecule has 1 atom stereocenters. The molecule has 1 fully saturated rings. The van der Waals surface area contributed by atoms with E-state index in [0.29, 0.717) is 23.3 Å². The van der Waals surface area contributed by atoms with Crippen molar-refractivity contribution < 1.29 is 18.4 Å². The van der Waals surface area contributed by atoms with Crippen LogP contribution in [0.2, 0.25) is 0 Å². The Hall–Kier alpha value is -2.41. The number of amides is 2. The molecule has 3 rings (SSSR count). The number of nitrogens with one attached hydrogen (secondary N) is 1. The van der Waals surface area contributed by atoms with Crippen molar-refractivity contribution in [2.45, 2.75) is 6.04 Å².